The SMILES string of the molecule is CCn1nc(C)c(C(=O)NC2CCNC23CCC3)c1C. The van der Waals surface area contributed by atoms with Crippen LogP contribution >= 0.6 is 0 Å². The molecule has 2 heterocycles. The highest BCUT2D eigenvalue weighted by molar-refractivity contribution is 5.96. The summed E-state index contributed by atoms with van der Waals surface area (Å²) < 4.78 is 1.90. The van der Waals surface area contributed by atoms with Gasteiger partial charge in [0.05, 0.1) is 11.3 Å². The van der Waals surface area contributed by atoms with Crippen LogP contribution in [0.2, 0.25) is 0 Å². The Kier molecular flexibility index (Phi) is 3.32. The van der Waals surface area contributed by atoms with Gasteiger partial charge in [0.15, 0.2) is 0 Å². The number of carbonyl (C=O) groups is 1. The average Bonchev–Trinajstić information content (AvgIpc) is 2.90. The van der Waals surface area contributed by atoms with E-state index in [2.05, 4.69) is 15.7 Å². The highest BCUT2D eigenvalue weighted by Gasteiger charge is 2.47. The minimum Gasteiger partial charge on any atom is -0.347 e. The van der Waals surface area contributed by atoms with E-state index in [1.165, 1.54) is 19.3 Å². The lowest BCUT2D eigenvalue weighted by molar-refractivity contribution is 0.0880. The minimum absolute atomic E-state index is 0.0414. The van der Waals surface area contributed by atoms with Gasteiger partial charge < -0.3 is 10.6 Å². The summed E-state index contributed by atoms with van der Waals surface area (Å²) in [5.74, 6) is 0.0414. The van der Waals surface area contributed by atoms with Gasteiger partial charge in [-0.05, 0) is 53.0 Å². The summed E-state index contributed by atoms with van der Waals surface area (Å²) in [7, 11) is 0. The molecule has 3 rings (SSSR count). The normalized spacial score (nSPS) is 23.9. The molecule has 5 nitrogen and oxygen atoms in total. The Morgan fingerprint density at radius 2 is 2.25 bits per heavy atom. The molecule has 1 aliphatic carbocycles. The predicted octanol–water partition coefficient (Wildman–Crippen LogP) is 1.53. The first-order chi connectivity index (χ1) is 9.57. The fraction of sp³-hybridized carbons (Fsp3) is 0.733. The fourth-order valence-electron chi connectivity index (χ4n) is 3.72. The Morgan fingerprint density at radius 1 is 1.50 bits per heavy atom. The zero-order valence-electron chi connectivity index (χ0n) is 12.6. The van der Waals surface area contributed by atoms with E-state index in [-0.39, 0.29) is 17.5 Å². The summed E-state index contributed by atoms with van der Waals surface area (Å²) in [6.45, 7) is 7.75. The predicted molar refractivity (Wildman–Crippen MR) is 77.8 cm³/mol. The maximum absolute atomic E-state index is 12.6. The molecule has 2 aliphatic rings. The molecule has 1 aliphatic heterocycles. The van der Waals surface area contributed by atoms with Gasteiger partial charge in [-0.25, -0.2) is 0 Å². The quantitative estimate of drug-likeness (QED) is 0.880. The summed E-state index contributed by atoms with van der Waals surface area (Å²) >= 11 is 0. The van der Waals surface area contributed by atoms with E-state index in [1.807, 2.05) is 25.5 Å². The van der Waals surface area contributed by atoms with Crippen LogP contribution in [0.3, 0.4) is 0 Å². The first kappa shape index (κ1) is 13.6. The molecule has 0 radical (unpaired) electrons. The van der Waals surface area contributed by atoms with Crippen molar-refractivity contribution in [2.45, 2.75) is 64.6 Å². The second-order valence-corrected chi connectivity index (χ2v) is 6.11. The number of amides is 1. The fourth-order valence-corrected chi connectivity index (χ4v) is 3.72. The number of rotatable bonds is 3. The lowest BCUT2D eigenvalue weighted by Crippen LogP contribution is -2.59. The summed E-state index contributed by atoms with van der Waals surface area (Å²) in [5.41, 5.74) is 2.73. The molecule has 20 heavy (non-hydrogen) atoms. The highest BCUT2D eigenvalue weighted by atomic mass is 16.1. The largest absolute Gasteiger partial charge is 0.347 e. The molecule has 5 heteroatoms. The van der Waals surface area contributed by atoms with Crippen LogP contribution in [-0.2, 0) is 6.54 Å². The van der Waals surface area contributed by atoms with Gasteiger partial charge in [0, 0.05) is 23.8 Å². The van der Waals surface area contributed by atoms with E-state index in [9.17, 15) is 4.79 Å². The third kappa shape index (κ3) is 1.95. The second kappa shape index (κ2) is 4.88. The molecular formula is C15H24N4O. The van der Waals surface area contributed by atoms with E-state index >= 15 is 0 Å². The minimum atomic E-state index is 0.0414. The molecule has 1 unspecified atom stereocenters. The molecule has 110 valence electrons. The summed E-state index contributed by atoms with van der Waals surface area (Å²) in [6, 6.07) is 0.271. The molecule has 1 saturated heterocycles. The molecule has 1 saturated carbocycles. The Balaban J connectivity index is 1.78. The van der Waals surface area contributed by atoms with Crippen molar-refractivity contribution in [3.05, 3.63) is 17.0 Å². The number of hydrogen-bond donors (Lipinski definition) is 2. The summed E-state index contributed by atoms with van der Waals surface area (Å²) in [4.78, 5) is 12.6. The van der Waals surface area contributed by atoms with Crippen molar-refractivity contribution < 1.29 is 4.79 Å². The molecule has 0 bridgehead atoms. The maximum Gasteiger partial charge on any atom is 0.255 e. The van der Waals surface area contributed by atoms with Gasteiger partial charge in [0.1, 0.15) is 0 Å². The van der Waals surface area contributed by atoms with Gasteiger partial charge in [-0.2, -0.15) is 5.10 Å². The van der Waals surface area contributed by atoms with E-state index in [0.29, 0.717) is 0 Å². The molecule has 0 aromatic carbocycles. The number of nitrogens with one attached hydrogen (secondary N) is 2. The molecular weight excluding hydrogens is 252 g/mol. The average molecular weight is 276 g/mol. The van der Waals surface area contributed by atoms with Crippen LogP contribution < -0.4 is 10.6 Å². The third-order valence-electron chi connectivity index (χ3n) is 5.04. The van der Waals surface area contributed by atoms with Gasteiger partial charge >= 0.3 is 0 Å². The van der Waals surface area contributed by atoms with Crippen LogP contribution in [0.1, 0.15) is 54.4 Å². The van der Waals surface area contributed by atoms with Gasteiger partial charge in [0.2, 0.25) is 0 Å². The zero-order valence-corrected chi connectivity index (χ0v) is 12.6. The molecule has 1 atom stereocenters. The van der Waals surface area contributed by atoms with Crippen LogP contribution in [0, 0.1) is 13.8 Å². The molecule has 2 N–H and O–H groups in total. The maximum atomic E-state index is 12.6. The molecule has 1 spiro atoms. The van der Waals surface area contributed by atoms with E-state index < -0.39 is 0 Å². The Labute approximate surface area is 120 Å². The van der Waals surface area contributed by atoms with Crippen molar-refractivity contribution in [3.8, 4) is 0 Å². The van der Waals surface area contributed by atoms with Crippen LogP contribution in [0.25, 0.3) is 0 Å². The second-order valence-electron chi connectivity index (χ2n) is 6.11. The lowest BCUT2D eigenvalue weighted by Gasteiger charge is -2.43. The third-order valence-corrected chi connectivity index (χ3v) is 5.04. The molecule has 2 fully saturated rings. The van der Waals surface area contributed by atoms with Gasteiger partial charge in [-0.3, -0.25) is 9.48 Å². The Morgan fingerprint density at radius 3 is 2.80 bits per heavy atom. The van der Waals surface area contributed by atoms with Crippen molar-refractivity contribution >= 4 is 5.91 Å². The lowest BCUT2D eigenvalue weighted by atomic mass is 9.73. The van der Waals surface area contributed by atoms with E-state index in [0.717, 1.165) is 36.5 Å². The number of aryl methyl sites for hydroxylation is 2. The van der Waals surface area contributed by atoms with Gasteiger partial charge in [0.25, 0.3) is 5.91 Å². The van der Waals surface area contributed by atoms with Crippen molar-refractivity contribution in [3.63, 3.8) is 0 Å². The van der Waals surface area contributed by atoms with Gasteiger partial charge in [-0.1, -0.05) is 0 Å². The van der Waals surface area contributed by atoms with Crippen molar-refractivity contribution in [1.82, 2.24) is 20.4 Å². The molecule has 1 aromatic heterocycles. The number of nitrogens with zero attached hydrogens (tertiary/aromatic N) is 2. The van der Waals surface area contributed by atoms with E-state index in [1.54, 1.807) is 0 Å². The molecule has 1 amide bonds. The Hall–Kier alpha value is -1.36. The number of hydrogen-bond acceptors (Lipinski definition) is 3. The summed E-state index contributed by atoms with van der Waals surface area (Å²) in [6.07, 6.45) is 4.67. The van der Waals surface area contributed by atoms with Crippen LogP contribution in [0.5, 0.6) is 0 Å². The number of carbonyl (C=O) groups excluding carboxylic acids is 1. The highest BCUT2D eigenvalue weighted by Crippen LogP contribution is 2.39. The first-order valence-electron chi connectivity index (χ1n) is 7.67. The monoisotopic (exact) mass is 276 g/mol. The first-order valence-corrected chi connectivity index (χ1v) is 7.67. The Bertz CT molecular complexity index is 530. The van der Waals surface area contributed by atoms with Crippen molar-refractivity contribution in [2.24, 2.45) is 0 Å². The number of aromatic nitrogens is 2. The van der Waals surface area contributed by atoms with Crippen molar-refractivity contribution in [1.29, 1.82) is 0 Å². The van der Waals surface area contributed by atoms with Crippen LogP contribution in [-0.4, -0.2) is 33.8 Å². The van der Waals surface area contributed by atoms with Gasteiger partial charge in [-0.15, -0.1) is 0 Å². The standard InChI is InChI=1S/C15H24N4O/c1-4-19-11(3)13(10(2)18-19)14(20)17-12-6-9-16-15(12)7-5-8-15/h12,16H,4-9H2,1-3H3,(H,17,20). The van der Waals surface area contributed by atoms with E-state index in [4.69, 9.17) is 0 Å². The van der Waals surface area contributed by atoms with Crippen LogP contribution in [0.15, 0.2) is 0 Å². The topological polar surface area (TPSA) is 59.0 Å². The molecule has 1 aromatic rings. The summed E-state index contributed by atoms with van der Waals surface area (Å²) in [5, 5.41) is 11.3. The van der Waals surface area contributed by atoms with Crippen molar-refractivity contribution in [2.75, 3.05) is 6.54 Å². The zero-order chi connectivity index (χ0) is 14.3. The smallest absolute Gasteiger partial charge is 0.255 e. The van der Waals surface area contributed by atoms with Crippen LogP contribution in [0.4, 0.5) is 0 Å².